The van der Waals surface area contributed by atoms with Gasteiger partial charge in [-0.1, -0.05) is 28.1 Å². The number of nitrogens with one attached hydrogen (secondary N) is 2. The first-order valence-electron chi connectivity index (χ1n) is 6.00. The summed E-state index contributed by atoms with van der Waals surface area (Å²) in [6.45, 7) is 4.61. The van der Waals surface area contributed by atoms with E-state index in [-0.39, 0.29) is 0 Å². The zero-order valence-corrected chi connectivity index (χ0v) is 11.1. The van der Waals surface area contributed by atoms with Crippen molar-refractivity contribution in [3.63, 3.8) is 0 Å². The van der Waals surface area contributed by atoms with Crippen LogP contribution in [0.4, 0.5) is 0 Å². The van der Waals surface area contributed by atoms with Crippen LogP contribution in [-0.4, -0.2) is 26.2 Å². The Kier molecular flexibility index (Phi) is 4.82. The average Bonchev–Trinajstić information content (AvgIpc) is 2.77. The zero-order valence-electron chi connectivity index (χ0n) is 9.51. The van der Waals surface area contributed by atoms with Crippen LogP contribution in [0.15, 0.2) is 28.7 Å². The van der Waals surface area contributed by atoms with E-state index in [4.69, 9.17) is 0 Å². The number of rotatable bonds is 5. The summed E-state index contributed by atoms with van der Waals surface area (Å²) in [5.41, 5.74) is 1.39. The molecular weight excluding hydrogens is 264 g/mol. The highest BCUT2D eigenvalue weighted by atomic mass is 79.9. The van der Waals surface area contributed by atoms with Gasteiger partial charge in [0.05, 0.1) is 0 Å². The summed E-state index contributed by atoms with van der Waals surface area (Å²) in [4.78, 5) is 0. The second-order valence-electron chi connectivity index (χ2n) is 4.44. The molecule has 16 heavy (non-hydrogen) atoms. The summed E-state index contributed by atoms with van der Waals surface area (Å²) in [6, 6.07) is 8.55. The minimum absolute atomic E-state index is 0.836. The molecule has 0 amide bonds. The second-order valence-corrected chi connectivity index (χ2v) is 5.36. The molecule has 2 N–H and O–H groups in total. The Morgan fingerprint density at radius 1 is 1.44 bits per heavy atom. The third kappa shape index (κ3) is 3.89. The van der Waals surface area contributed by atoms with Crippen molar-refractivity contribution < 1.29 is 0 Å². The smallest absolute Gasteiger partial charge is 0.0178 e. The van der Waals surface area contributed by atoms with Crippen molar-refractivity contribution in [1.29, 1.82) is 0 Å². The fourth-order valence-corrected chi connectivity index (χ4v) is 2.57. The molecule has 0 aliphatic carbocycles. The maximum atomic E-state index is 3.54. The maximum absolute atomic E-state index is 3.54. The molecule has 1 fully saturated rings. The van der Waals surface area contributed by atoms with Crippen LogP contribution >= 0.6 is 15.9 Å². The van der Waals surface area contributed by atoms with E-state index >= 15 is 0 Å². The lowest BCUT2D eigenvalue weighted by atomic mass is 10.1. The van der Waals surface area contributed by atoms with Crippen LogP contribution in [0, 0.1) is 5.92 Å². The van der Waals surface area contributed by atoms with Crippen LogP contribution in [0.1, 0.15) is 12.0 Å². The van der Waals surface area contributed by atoms with Gasteiger partial charge in [0.15, 0.2) is 0 Å². The Hall–Kier alpha value is -0.380. The first kappa shape index (κ1) is 12.1. The topological polar surface area (TPSA) is 24.1 Å². The summed E-state index contributed by atoms with van der Waals surface area (Å²) in [5, 5.41) is 6.93. The molecule has 1 aliphatic heterocycles. The minimum atomic E-state index is 0.836. The van der Waals surface area contributed by atoms with Crippen molar-refractivity contribution in [2.24, 2.45) is 5.92 Å². The molecule has 3 heteroatoms. The fraction of sp³-hybridized carbons (Fsp3) is 0.538. The van der Waals surface area contributed by atoms with Gasteiger partial charge in [-0.2, -0.15) is 0 Å². The number of hydrogen-bond acceptors (Lipinski definition) is 2. The molecule has 1 unspecified atom stereocenters. The third-order valence-corrected chi connectivity index (χ3v) is 3.57. The lowest BCUT2D eigenvalue weighted by Crippen LogP contribution is -2.26. The summed E-state index contributed by atoms with van der Waals surface area (Å²) in [5.74, 6) is 0.836. The van der Waals surface area contributed by atoms with Gasteiger partial charge < -0.3 is 10.6 Å². The molecule has 2 nitrogen and oxygen atoms in total. The van der Waals surface area contributed by atoms with Gasteiger partial charge in [0.2, 0.25) is 0 Å². The van der Waals surface area contributed by atoms with Crippen LogP contribution in [0.3, 0.4) is 0 Å². The summed E-state index contributed by atoms with van der Waals surface area (Å²) >= 11 is 3.50. The highest BCUT2D eigenvalue weighted by molar-refractivity contribution is 9.10. The molecule has 88 valence electrons. The predicted molar refractivity (Wildman–Crippen MR) is 71.7 cm³/mol. The molecule has 1 saturated heterocycles. The molecule has 0 spiro atoms. The van der Waals surface area contributed by atoms with Crippen LogP contribution in [-0.2, 0) is 6.42 Å². The molecule has 0 saturated carbocycles. The predicted octanol–water partition coefficient (Wildman–Crippen LogP) is 2.19. The van der Waals surface area contributed by atoms with E-state index in [9.17, 15) is 0 Å². The highest BCUT2D eigenvalue weighted by Crippen LogP contribution is 2.11. The lowest BCUT2D eigenvalue weighted by Gasteiger charge is -2.09. The van der Waals surface area contributed by atoms with E-state index < -0.39 is 0 Å². The first-order valence-corrected chi connectivity index (χ1v) is 6.80. The lowest BCUT2D eigenvalue weighted by molar-refractivity contribution is 0.515. The maximum Gasteiger partial charge on any atom is 0.0178 e. The van der Waals surface area contributed by atoms with Crippen molar-refractivity contribution in [3.05, 3.63) is 34.3 Å². The Morgan fingerprint density at radius 3 is 3.12 bits per heavy atom. The minimum Gasteiger partial charge on any atom is -0.316 e. The van der Waals surface area contributed by atoms with E-state index in [2.05, 4.69) is 50.8 Å². The van der Waals surface area contributed by atoms with Crippen LogP contribution in [0.5, 0.6) is 0 Å². The fourth-order valence-electron chi connectivity index (χ4n) is 2.12. The third-order valence-electron chi connectivity index (χ3n) is 3.07. The van der Waals surface area contributed by atoms with E-state index in [1.54, 1.807) is 0 Å². The summed E-state index contributed by atoms with van der Waals surface area (Å²) < 4.78 is 1.17. The molecule has 1 heterocycles. The van der Waals surface area contributed by atoms with E-state index in [0.717, 1.165) is 25.4 Å². The van der Waals surface area contributed by atoms with Crippen LogP contribution < -0.4 is 10.6 Å². The second kappa shape index (κ2) is 6.38. The molecule has 1 aliphatic rings. The molecule has 0 bridgehead atoms. The van der Waals surface area contributed by atoms with Gasteiger partial charge in [0.1, 0.15) is 0 Å². The summed E-state index contributed by atoms with van der Waals surface area (Å²) in [6.07, 6.45) is 2.43. The van der Waals surface area contributed by atoms with Crippen molar-refractivity contribution in [3.8, 4) is 0 Å². The average molecular weight is 283 g/mol. The van der Waals surface area contributed by atoms with Gasteiger partial charge in [-0.3, -0.25) is 0 Å². The molecule has 2 rings (SSSR count). The van der Waals surface area contributed by atoms with E-state index in [0.29, 0.717) is 0 Å². The SMILES string of the molecule is Brc1cccc(CCNCC2CCNC2)c1. The number of halogens is 1. The van der Waals surface area contributed by atoms with Crippen LogP contribution in [0.25, 0.3) is 0 Å². The molecular formula is C13H19BrN2. The Balaban J connectivity index is 1.64. The van der Waals surface area contributed by atoms with Gasteiger partial charge in [0, 0.05) is 4.47 Å². The normalized spacial score (nSPS) is 20.2. The van der Waals surface area contributed by atoms with Crippen LogP contribution in [0.2, 0.25) is 0 Å². The highest BCUT2D eigenvalue weighted by Gasteiger charge is 2.12. The van der Waals surface area contributed by atoms with Gasteiger partial charge in [-0.05, 0) is 62.6 Å². The quantitative estimate of drug-likeness (QED) is 0.809. The van der Waals surface area contributed by atoms with Crippen molar-refractivity contribution in [2.75, 3.05) is 26.2 Å². The number of hydrogen-bond donors (Lipinski definition) is 2. The number of benzene rings is 1. The van der Waals surface area contributed by atoms with E-state index in [1.807, 2.05) is 0 Å². The van der Waals surface area contributed by atoms with Gasteiger partial charge >= 0.3 is 0 Å². The van der Waals surface area contributed by atoms with Crippen molar-refractivity contribution >= 4 is 15.9 Å². The van der Waals surface area contributed by atoms with Gasteiger partial charge in [-0.15, -0.1) is 0 Å². The van der Waals surface area contributed by atoms with E-state index in [1.165, 1.54) is 29.5 Å². The molecule has 1 aromatic rings. The molecule has 1 atom stereocenters. The largest absolute Gasteiger partial charge is 0.316 e. The Labute approximate surface area is 106 Å². The van der Waals surface area contributed by atoms with Gasteiger partial charge in [0.25, 0.3) is 0 Å². The molecule has 1 aromatic carbocycles. The molecule has 0 aromatic heterocycles. The Bertz CT molecular complexity index is 321. The summed E-state index contributed by atoms with van der Waals surface area (Å²) in [7, 11) is 0. The Morgan fingerprint density at radius 2 is 2.38 bits per heavy atom. The monoisotopic (exact) mass is 282 g/mol. The van der Waals surface area contributed by atoms with Crippen molar-refractivity contribution in [2.45, 2.75) is 12.8 Å². The zero-order chi connectivity index (χ0) is 11.2. The first-order chi connectivity index (χ1) is 7.84. The molecule has 0 radical (unpaired) electrons. The van der Waals surface area contributed by atoms with Gasteiger partial charge in [-0.25, -0.2) is 0 Å². The standard InChI is InChI=1S/C13H19BrN2/c14-13-3-1-2-11(8-13)4-6-15-9-12-5-7-16-10-12/h1-3,8,12,15-16H,4-7,9-10H2. The van der Waals surface area contributed by atoms with Crippen molar-refractivity contribution in [1.82, 2.24) is 10.6 Å².